The summed E-state index contributed by atoms with van der Waals surface area (Å²) in [6, 6.07) is 25.5. The van der Waals surface area contributed by atoms with Gasteiger partial charge in [-0.05, 0) is 55.3 Å². The van der Waals surface area contributed by atoms with Gasteiger partial charge in [0, 0.05) is 22.6 Å². The minimum absolute atomic E-state index is 0.0241. The molecule has 0 bridgehead atoms. The van der Waals surface area contributed by atoms with Gasteiger partial charge in [-0.3, -0.25) is 4.79 Å². The number of amides is 2. The smallest absolute Gasteiger partial charge is 0.407 e. The number of nitrogens with one attached hydrogen (secondary N) is 2. The van der Waals surface area contributed by atoms with Gasteiger partial charge in [-0.15, -0.1) is 0 Å². The van der Waals surface area contributed by atoms with Gasteiger partial charge in [0.05, 0.1) is 25.3 Å². The lowest BCUT2D eigenvalue weighted by Gasteiger charge is -2.18. The maximum absolute atomic E-state index is 12.6. The molecule has 0 saturated carbocycles. The molecule has 0 fully saturated rings. The largest absolute Gasteiger partial charge is 0.450 e. The summed E-state index contributed by atoms with van der Waals surface area (Å²) in [6.07, 6.45) is 1.11. The average molecular weight is 483 g/mol. The number of fused-ring (bicyclic) bond motifs is 1. The molecule has 4 aromatic rings. The number of benzene rings is 3. The third kappa shape index (κ3) is 5.81. The number of hydrogen-bond acceptors (Lipinski definition) is 4. The molecular formula is C29H30N4O3. The van der Waals surface area contributed by atoms with E-state index in [0.29, 0.717) is 0 Å². The summed E-state index contributed by atoms with van der Waals surface area (Å²) in [6.45, 7) is 6.06. The summed E-state index contributed by atoms with van der Waals surface area (Å²) in [5.41, 5.74) is 7.46. The van der Waals surface area contributed by atoms with Crippen LogP contribution in [0, 0.1) is 13.8 Å². The molecular weight excluding hydrogens is 452 g/mol. The molecule has 0 radical (unpaired) electrons. The molecule has 3 aromatic carbocycles. The zero-order valence-corrected chi connectivity index (χ0v) is 20.7. The lowest BCUT2D eigenvalue weighted by Crippen LogP contribution is -2.33. The van der Waals surface area contributed by atoms with Crippen molar-refractivity contribution >= 4 is 29.0 Å². The van der Waals surface area contributed by atoms with E-state index in [-0.39, 0.29) is 18.9 Å². The Balaban J connectivity index is 1.46. The van der Waals surface area contributed by atoms with Crippen LogP contribution < -0.4 is 10.7 Å². The van der Waals surface area contributed by atoms with Crippen molar-refractivity contribution in [2.45, 2.75) is 33.2 Å². The van der Waals surface area contributed by atoms with Crippen LogP contribution in [0.3, 0.4) is 0 Å². The molecule has 0 saturated heterocycles. The van der Waals surface area contributed by atoms with Gasteiger partial charge in [0.25, 0.3) is 0 Å². The molecule has 0 aliphatic rings. The van der Waals surface area contributed by atoms with Crippen LogP contribution in [0.4, 0.5) is 4.79 Å². The summed E-state index contributed by atoms with van der Waals surface area (Å²) in [5.74, 6) is -0.319. The number of ether oxygens (including phenoxy) is 1. The molecule has 0 spiro atoms. The van der Waals surface area contributed by atoms with Gasteiger partial charge in [0.1, 0.15) is 0 Å². The molecule has 1 heterocycles. The van der Waals surface area contributed by atoms with Crippen LogP contribution in [0.2, 0.25) is 0 Å². The van der Waals surface area contributed by atoms with Crippen LogP contribution in [0.5, 0.6) is 0 Å². The van der Waals surface area contributed by atoms with Crippen LogP contribution in [0.1, 0.15) is 41.9 Å². The first-order valence-corrected chi connectivity index (χ1v) is 11.9. The van der Waals surface area contributed by atoms with Crippen molar-refractivity contribution in [3.8, 4) is 5.69 Å². The number of hydrogen-bond donors (Lipinski definition) is 2. The first-order chi connectivity index (χ1) is 17.5. The number of hydrazone groups is 1. The summed E-state index contributed by atoms with van der Waals surface area (Å²) in [4.78, 5) is 24.6. The van der Waals surface area contributed by atoms with Crippen molar-refractivity contribution in [1.29, 1.82) is 0 Å². The van der Waals surface area contributed by atoms with E-state index < -0.39 is 12.1 Å². The van der Waals surface area contributed by atoms with E-state index in [9.17, 15) is 9.59 Å². The number of aromatic nitrogens is 1. The van der Waals surface area contributed by atoms with Crippen molar-refractivity contribution in [2.24, 2.45) is 5.10 Å². The lowest BCUT2D eigenvalue weighted by molar-refractivity contribution is -0.121. The summed E-state index contributed by atoms with van der Waals surface area (Å²) in [7, 11) is 0. The Kier molecular flexibility index (Phi) is 7.80. The lowest BCUT2D eigenvalue weighted by atomic mass is 10.0. The highest BCUT2D eigenvalue weighted by Gasteiger charge is 2.19. The van der Waals surface area contributed by atoms with E-state index in [4.69, 9.17) is 4.74 Å². The molecule has 0 unspecified atom stereocenters. The van der Waals surface area contributed by atoms with Crippen LogP contribution in [0.15, 0.2) is 84.0 Å². The SMILES string of the molecule is CCOC(=O)N[C@H](CC(=O)N/N=C\c1cc(C)n(-c2ccc3ccccc3c2)c1C)c1ccccc1. The minimum atomic E-state index is -0.566. The number of carbonyl (C=O) groups excluding carboxylic acids is 2. The fourth-order valence-corrected chi connectivity index (χ4v) is 4.29. The molecule has 4 rings (SSSR count). The fraction of sp³-hybridized carbons (Fsp3) is 0.207. The number of rotatable bonds is 8. The standard InChI is InChI=1S/C29H30N4O3/c1-4-36-29(35)31-27(23-11-6-5-7-12-23)18-28(34)32-30-19-25-16-20(2)33(21(25)3)26-15-14-22-10-8-9-13-24(22)17-26/h5-17,19,27H,4,18H2,1-3H3,(H,31,35)(H,32,34)/b30-19-/t27-/m1/s1. The highest BCUT2D eigenvalue weighted by Crippen LogP contribution is 2.24. The minimum Gasteiger partial charge on any atom is -0.450 e. The van der Waals surface area contributed by atoms with Crippen molar-refractivity contribution in [3.05, 3.63) is 101 Å². The third-order valence-electron chi connectivity index (χ3n) is 6.01. The van der Waals surface area contributed by atoms with Gasteiger partial charge >= 0.3 is 6.09 Å². The van der Waals surface area contributed by atoms with Crippen LogP contribution in [-0.4, -0.2) is 29.4 Å². The van der Waals surface area contributed by atoms with Gasteiger partial charge in [0.15, 0.2) is 0 Å². The maximum Gasteiger partial charge on any atom is 0.407 e. The Hall–Kier alpha value is -4.39. The van der Waals surface area contributed by atoms with Gasteiger partial charge in [-0.2, -0.15) is 5.10 Å². The summed E-state index contributed by atoms with van der Waals surface area (Å²) < 4.78 is 7.16. The van der Waals surface area contributed by atoms with E-state index in [1.54, 1.807) is 13.1 Å². The predicted molar refractivity (Wildman–Crippen MR) is 142 cm³/mol. The average Bonchev–Trinajstić information content (AvgIpc) is 3.16. The Morgan fingerprint density at radius 3 is 2.44 bits per heavy atom. The number of carbonyl (C=O) groups is 2. The van der Waals surface area contributed by atoms with E-state index in [1.165, 1.54) is 10.8 Å². The summed E-state index contributed by atoms with van der Waals surface area (Å²) >= 11 is 0. The van der Waals surface area contributed by atoms with E-state index >= 15 is 0 Å². The fourth-order valence-electron chi connectivity index (χ4n) is 4.29. The molecule has 2 amide bonds. The Morgan fingerprint density at radius 2 is 1.69 bits per heavy atom. The maximum atomic E-state index is 12.6. The second kappa shape index (κ2) is 11.4. The number of aryl methyl sites for hydroxylation is 1. The Bertz CT molecular complexity index is 1390. The molecule has 0 aliphatic carbocycles. The molecule has 1 aromatic heterocycles. The monoisotopic (exact) mass is 482 g/mol. The predicted octanol–water partition coefficient (Wildman–Crippen LogP) is 5.57. The van der Waals surface area contributed by atoms with Gasteiger partial charge < -0.3 is 14.6 Å². The molecule has 1 atom stereocenters. The molecule has 36 heavy (non-hydrogen) atoms. The molecule has 0 aliphatic heterocycles. The van der Waals surface area contributed by atoms with Crippen molar-refractivity contribution in [1.82, 2.24) is 15.3 Å². The van der Waals surface area contributed by atoms with Gasteiger partial charge in [-0.25, -0.2) is 10.2 Å². The number of nitrogens with zero attached hydrogens (tertiary/aromatic N) is 2. The topological polar surface area (TPSA) is 84.7 Å². The van der Waals surface area contributed by atoms with Crippen molar-refractivity contribution in [3.63, 3.8) is 0 Å². The zero-order chi connectivity index (χ0) is 25.5. The van der Waals surface area contributed by atoms with Crippen LogP contribution >= 0.6 is 0 Å². The molecule has 7 heteroatoms. The van der Waals surface area contributed by atoms with Crippen LogP contribution in [0.25, 0.3) is 16.5 Å². The van der Waals surface area contributed by atoms with Gasteiger partial charge in [-0.1, -0.05) is 60.7 Å². The zero-order valence-electron chi connectivity index (χ0n) is 20.7. The first-order valence-electron chi connectivity index (χ1n) is 11.9. The van der Waals surface area contributed by atoms with Crippen molar-refractivity contribution < 1.29 is 14.3 Å². The van der Waals surface area contributed by atoms with Crippen LogP contribution in [-0.2, 0) is 9.53 Å². The van der Waals surface area contributed by atoms with E-state index in [0.717, 1.165) is 28.2 Å². The highest BCUT2D eigenvalue weighted by molar-refractivity contribution is 5.86. The Morgan fingerprint density at radius 1 is 0.972 bits per heavy atom. The molecule has 7 nitrogen and oxygen atoms in total. The second-order valence-corrected chi connectivity index (χ2v) is 8.52. The second-order valence-electron chi connectivity index (χ2n) is 8.52. The van der Waals surface area contributed by atoms with Gasteiger partial charge in [0.2, 0.25) is 5.91 Å². The molecule has 2 N–H and O–H groups in total. The third-order valence-corrected chi connectivity index (χ3v) is 6.01. The van der Waals surface area contributed by atoms with E-state index in [2.05, 4.69) is 50.7 Å². The summed E-state index contributed by atoms with van der Waals surface area (Å²) in [5, 5.41) is 9.30. The molecule has 184 valence electrons. The highest BCUT2D eigenvalue weighted by atomic mass is 16.5. The Labute approximate surface area is 210 Å². The normalized spacial score (nSPS) is 12.0. The quantitative estimate of drug-likeness (QED) is 0.254. The number of alkyl carbamates (subject to hydrolysis) is 1. The first kappa shape index (κ1) is 24.7. The van der Waals surface area contributed by atoms with Crippen molar-refractivity contribution in [2.75, 3.05) is 6.61 Å². The van der Waals surface area contributed by atoms with E-state index in [1.807, 2.05) is 62.4 Å².